The zero-order valence-electron chi connectivity index (χ0n) is 14.4. The van der Waals surface area contributed by atoms with E-state index in [9.17, 15) is 4.79 Å². The minimum atomic E-state index is -0.102. The zero-order valence-corrected chi connectivity index (χ0v) is 14.4. The number of hydrogen-bond donors (Lipinski definition) is 0. The third kappa shape index (κ3) is 3.57. The molecule has 2 aliphatic rings. The molecule has 1 fully saturated rings. The second-order valence-electron chi connectivity index (χ2n) is 6.79. The Morgan fingerprint density at radius 1 is 1.35 bits per heavy atom. The monoisotopic (exact) mass is 317 g/mol. The number of nitrogens with zero attached hydrogens (tertiary/aromatic N) is 3. The smallest absolute Gasteiger partial charge is 0.244 e. The predicted molar refractivity (Wildman–Crippen MR) is 91.8 cm³/mol. The third-order valence-corrected chi connectivity index (χ3v) is 4.80. The first-order valence-electron chi connectivity index (χ1n) is 8.46. The van der Waals surface area contributed by atoms with Gasteiger partial charge >= 0.3 is 0 Å². The van der Waals surface area contributed by atoms with Gasteiger partial charge in [-0.3, -0.25) is 9.69 Å². The Bertz CT molecular complexity index is 561. The van der Waals surface area contributed by atoms with Gasteiger partial charge in [-0.25, -0.2) is 0 Å². The lowest BCUT2D eigenvalue weighted by Crippen LogP contribution is -2.54. The van der Waals surface area contributed by atoms with Gasteiger partial charge in [0.2, 0.25) is 5.91 Å². The first-order valence-corrected chi connectivity index (χ1v) is 8.46. The average Bonchev–Trinajstić information content (AvgIpc) is 2.97. The van der Waals surface area contributed by atoms with E-state index in [0.717, 1.165) is 38.3 Å². The molecule has 1 saturated heterocycles. The van der Waals surface area contributed by atoms with Gasteiger partial charge in [0.1, 0.15) is 0 Å². The molecule has 1 aromatic carbocycles. The molecular formula is C18H27N3O2. The molecule has 2 atom stereocenters. The Kier molecular flexibility index (Phi) is 4.99. The molecular weight excluding hydrogens is 290 g/mol. The number of para-hydroxylation sites is 1. The van der Waals surface area contributed by atoms with E-state index in [1.165, 1.54) is 5.56 Å². The molecule has 3 rings (SSSR count). The number of morpholine rings is 1. The molecule has 0 saturated carbocycles. The standard InChI is InChI=1S/C18H27N3O2/c1-14(20-10-11-23-16(13-20)12-19(2)3)18(22)21-9-8-15-6-4-5-7-17(15)21/h4-7,14,16H,8-13H2,1-3H3/t14-,16+/m0/s1. The van der Waals surface area contributed by atoms with Gasteiger partial charge in [0, 0.05) is 31.9 Å². The molecule has 1 amide bonds. The van der Waals surface area contributed by atoms with Crippen LogP contribution in [-0.2, 0) is 16.0 Å². The first-order chi connectivity index (χ1) is 11.1. The molecule has 126 valence electrons. The van der Waals surface area contributed by atoms with Crippen molar-refractivity contribution in [2.45, 2.75) is 25.5 Å². The molecule has 0 unspecified atom stereocenters. The van der Waals surface area contributed by atoms with E-state index < -0.39 is 0 Å². The average molecular weight is 317 g/mol. The van der Waals surface area contributed by atoms with Crippen molar-refractivity contribution in [3.05, 3.63) is 29.8 Å². The summed E-state index contributed by atoms with van der Waals surface area (Å²) in [6, 6.07) is 8.13. The van der Waals surface area contributed by atoms with Crippen LogP contribution in [0, 0.1) is 0 Å². The lowest BCUT2D eigenvalue weighted by Gasteiger charge is -2.38. The van der Waals surface area contributed by atoms with Gasteiger partial charge in [-0.15, -0.1) is 0 Å². The van der Waals surface area contributed by atoms with Crippen molar-refractivity contribution in [2.75, 3.05) is 51.8 Å². The van der Waals surface area contributed by atoms with Crippen LogP contribution < -0.4 is 4.90 Å². The molecule has 0 radical (unpaired) electrons. The summed E-state index contributed by atoms with van der Waals surface area (Å²) in [5, 5.41) is 0. The van der Waals surface area contributed by atoms with Crippen LogP contribution in [0.5, 0.6) is 0 Å². The van der Waals surface area contributed by atoms with Crippen LogP contribution in [0.3, 0.4) is 0 Å². The lowest BCUT2D eigenvalue weighted by molar-refractivity contribution is -0.126. The summed E-state index contributed by atoms with van der Waals surface area (Å²) in [6.07, 6.45) is 1.14. The van der Waals surface area contributed by atoms with Crippen molar-refractivity contribution in [1.82, 2.24) is 9.80 Å². The van der Waals surface area contributed by atoms with E-state index in [-0.39, 0.29) is 18.1 Å². The number of fused-ring (bicyclic) bond motifs is 1. The van der Waals surface area contributed by atoms with Gasteiger partial charge < -0.3 is 14.5 Å². The zero-order chi connectivity index (χ0) is 16.4. The molecule has 0 spiro atoms. The van der Waals surface area contributed by atoms with E-state index >= 15 is 0 Å². The summed E-state index contributed by atoms with van der Waals surface area (Å²) in [4.78, 5) is 19.3. The second-order valence-corrected chi connectivity index (χ2v) is 6.79. The molecule has 23 heavy (non-hydrogen) atoms. The van der Waals surface area contributed by atoms with Gasteiger partial charge in [0.05, 0.1) is 18.8 Å². The third-order valence-electron chi connectivity index (χ3n) is 4.80. The van der Waals surface area contributed by atoms with Crippen LogP contribution in [-0.4, -0.2) is 74.7 Å². The minimum absolute atomic E-state index is 0.102. The van der Waals surface area contributed by atoms with Crippen LogP contribution in [0.1, 0.15) is 12.5 Å². The molecule has 1 aromatic rings. The maximum Gasteiger partial charge on any atom is 0.244 e. The number of rotatable bonds is 4. The molecule has 2 heterocycles. The van der Waals surface area contributed by atoms with Crippen LogP contribution in [0.2, 0.25) is 0 Å². The van der Waals surface area contributed by atoms with Crippen LogP contribution in [0.15, 0.2) is 24.3 Å². The number of likely N-dealkylation sites (N-methyl/N-ethyl adjacent to an activating group) is 1. The number of hydrogen-bond acceptors (Lipinski definition) is 4. The quantitative estimate of drug-likeness (QED) is 0.837. The maximum absolute atomic E-state index is 13.0. The number of benzene rings is 1. The molecule has 0 N–H and O–H groups in total. The highest BCUT2D eigenvalue weighted by Gasteiger charge is 2.33. The molecule has 5 heteroatoms. The summed E-state index contributed by atoms with van der Waals surface area (Å²) >= 11 is 0. The fraction of sp³-hybridized carbons (Fsp3) is 0.611. The van der Waals surface area contributed by atoms with Crippen molar-refractivity contribution < 1.29 is 9.53 Å². The van der Waals surface area contributed by atoms with Gasteiger partial charge in [0.15, 0.2) is 0 Å². The first kappa shape index (κ1) is 16.4. The Hall–Kier alpha value is -1.43. The van der Waals surface area contributed by atoms with Crippen LogP contribution in [0.4, 0.5) is 5.69 Å². The van der Waals surface area contributed by atoms with Gasteiger partial charge in [-0.05, 0) is 39.1 Å². The fourth-order valence-corrected chi connectivity index (χ4v) is 3.56. The normalized spacial score (nSPS) is 23.1. The highest BCUT2D eigenvalue weighted by atomic mass is 16.5. The molecule has 0 aliphatic carbocycles. The number of anilines is 1. The fourth-order valence-electron chi connectivity index (χ4n) is 3.56. The van der Waals surface area contributed by atoms with E-state index in [4.69, 9.17) is 4.74 Å². The summed E-state index contributed by atoms with van der Waals surface area (Å²) in [7, 11) is 4.11. The van der Waals surface area contributed by atoms with E-state index in [1.807, 2.05) is 24.0 Å². The minimum Gasteiger partial charge on any atom is -0.374 e. The van der Waals surface area contributed by atoms with E-state index in [0.29, 0.717) is 6.61 Å². The molecule has 0 aromatic heterocycles. The van der Waals surface area contributed by atoms with E-state index in [1.54, 1.807) is 0 Å². The molecule has 5 nitrogen and oxygen atoms in total. The Morgan fingerprint density at radius 2 is 2.13 bits per heavy atom. The van der Waals surface area contributed by atoms with Crippen LogP contribution in [0.25, 0.3) is 0 Å². The number of amides is 1. The largest absolute Gasteiger partial charge is 0.374 e. The summed E-state index contributed by atoms with van der Waals surface area (Å²) in [5.41, 5.74) is 2.36. The SMILES string of the molecule is C[C@@H](C(=O)N1CCc2ccccc21)N1CCO[C@H](CN(C)C)C1. The van der Waals surface area contributed by atoms with Crippen molar-refractivity contribution >= 4 is 11.6 Å². The maximum atomic E-state index is 13.0. The van der Waals surface area contributed by atoms with Gasteiger partial charge in [-0.1, -0.05) is 18.2 Å². The topological polar surface area (TPSA) is 36.0 Å². The van der Waals surface area contributed by atoms with Crippen molar-refractivity contribution in [2.24, 2.45) is 0 Å². The number of ether oxygens (including phenoxy) is 1. The predicted octanol–water partition coefficient (Wildman–Crippen LogP) is 1.23. The van der Waals surface area contributed by atoms with Crippen molar-refractivity contribution in [3.8, 4) is 0 Å². The highest BCUT2D eigenvalue weighted by Crippen LogP contribution is 2.28. The lowest BCUT2D eigenvalue weighted by atomic mass is 10.1. The van der Waals surface area contributed by atoms with Crippen molar-refractivity contribution in [3.63, 3.8) is 0 Å². The Labute approximate surface area is 138 Å². The molecule has 2 aliphatic heterocycles. The number of carbonyl (C=O) groups is 1. The molecule has 0 bridgehead atoms. The van der Waals surface area contributed by atoms with Gasteiger partial charge in [-0.2, -0.15) is 0 Å². The van der Waals surface area contributed by atoms with Crippen LogP contribution >= 0.6 is 0 Å². The summed E-state index contributed by atoms with van der Waals surface area (Å²) in [6.45, 7) is 6.07. The highest BCUT2D eigenvalue weighted by molar-refractivity contribution is 5.98. The summed E-state index contributed by atoms with van der Waals surface area (Å²) in [5.74, 6) is 0.209. The van der Waals surface area contributed by atoms with E-state index in [2.05, 4.69) is 36.0 Å². The Balaban J connectivity index is 1.66. The van der Waals surface area contributed by atoms with Gasteiger partial charge in [0.25, 0.3) is 0 Å². The van der Waals surface area contributed by atoms with Crippen molar-refractivity contribution in [1.29, 1.82) is 0 Å². The summed E-state index contributed by atoms with van der Waals surface area (Å²) < 4.78 is 5.82. The Morgan fingerprint density at radius 3 is 2.91 bits per heavy atom. The number of carbonyl (C=O) groups excluding carboxylic acids is 1. The second kappa shape index (κ2) is 6.99.